The molecule has 0 saturated carbocycles. The molecule has 19 heavy (non-hydrogen) atoms. The van der Waals surface area contributed by atoms with Crippen molar-refractivity contribution in [1.82, 2.24) is 19.7 Å². The Kier molecular flexibility index (Phi) is 2.60. The maximum atomic E-state index is 13.0. The molecule has 4 nitrogen and oxygen atoms in total. The number of rotatable bonds is 0. The van der Waals surface area contributed by atoms with Crippen molar-refractivity contribution >= 4 is 0 Å². The van der Waals surface area contributed by atoms with Crippen LogP contribution in [-0.4, -0.2) is 26.7 Å². The van der Waals surface area contributed by atoms with Crippen LogP contribution in [0.2, 0.25) is 0 Å². The van der Waals surface area contributed by atoms with Gasteiger partial charge in [0.2, 0.25) is 5.82 Å². The minimum absolute atomic E-state index is 0.305. The number of halogens is 3. The quantitative estimate of drug-likeness (QED) is 0.734. The minimum atomic E-state index is -4.51. The van der Waals surface area contributed by atoms with E-state index >= 15 is 0 Å². The van der Waals surface area contributed by atoms with Crippen molar-refractivity contribution in [2.24, 2.45) is 0 Å². The van der Waals surface area contributed by atoms with Gasteiger partial charge < -0.3 is 0 Å². The van der Waals surface area contributed by atoms with Gasteiger partial charge in [0, 0.05) is 6.54 Å². The molecule has 1 aliphatic rings. The SMILES string of the molecule is CN1Cc2ccccc2-n2c(nnc2C(F)(F)F)C1. The molecule has 1 aromatic heterocycles. The highest BCUT2D eigenvalue weighted by Gasteiger charge is 2.39. The van der Waals surface area contributed by atoms with Gasteiger partial charge in [-0.2, -0.15) is 13.2 Å². The van der Waals surface area contributed by atoms with Crippen LogP contribution in [0.15, 0.2) is 24.3 Å². The van der Waals surface area contributed by atoms with E-state index in [4.69, 9.17) is 0 Å². The van der Waals surface area contributed by atoms with Crippen molar-refractivity contribution in [1.29, 1.82) is 0 Å². The fraction of sp³-hybridized carbons (Fsp3) is 0.333. The van der Waals surface area contributed by atoms with E-state index in [0.29, 0.717) is 24.6 Å². The number of hydrogen-bond donors (Lipinski definition) is 0. The first-order chi connectivity index (χ1) is 8.97. The van der Waals surface area contributed by atoms with Gasteiger partial charge in [0.05, 0.1) is 12.2 Å². The van der Waals surface area contributed by atoms with Gasteiger partial charge in [-0.05, 0) is 18.7 Å². The third-order valence-electron chi connectivity index (χ3n) is 3.07. The number of nitrogens with zero attached hydrogens (tertiary/aromatic N) is 4. The molecule has 3 rings (SSSR count). The lowest BCUT2D eigenvalue weighted by Gasteiger charge is -2.13. The molecule has 2 heterocycles. The van der Waals surface area contributed by atoms with Gasteiger partial charge >= 0.3 is 6.18 Å². The summed E-state index contributed by atoms with van der Waals surface area (Å²) in [5, 5.41) is 6.99. The number of hydrogen-bond acceptors (Lipinski definition) is 3. The average molecular weight is 268 g/mol. The fourth-order valence-electron chi connectivity index (χ4n) is 2.31. The average Bonchev–Trinajstić information content (AvgIpc) is 2.67. The first-order valence-corrected chi connectivity index (χ1v) is 5.75. The van der Waals surface area contributed by atoms with Gasteiger partial charge in [-0.15, -0.1) is 10.2 Å². The van der Waals surface area contributed by atoms with Crippen molar-refractivity contribution in [2.75, 3.05) is 7.05 Å². The van der Waals surface area contributed by atoms with E-state index in [1.165, 1.54) is 0 Å². The first kappa shape index (κ1) is 12.2. The number of fused-ring (bicyclic) bond motifs is 3. The Bertz CT molecular complexity index is 618. The molecule has 1 aromatic carbocycles. The Hall–Kier alpha value is -1.89. The Balaban J connectivity index is 2.28. The smallest absolute Gasteiger partial charge is 0.295 e. The fourth-order valence-corrected chi connectivity index (χ4v) is 2.31. The monoisotopic (exact) mass is 268 g/mol. The van der Waals surface area contributed by atoms with E-state index in [-0.39, 0.29) is 0 Å². The molecule has 0 radical (unpaired) electrons. The number of benzene rings is 1. The zero-order valence-electron chi connectivity index (χ0n) is 10.1. The third kappa shape index (κ3) is 1.99. The van der Waals surface area contributed by atoms with Crippen molar-refractivity contribution in [3.8, 4) is 5.69 Å². The Morgan fingerprint density at radius 3 is 2.58 bits per heavy atom. The number of aromatic nitrogens is 3. The Labute approximate surface area is 107 Å². The Morgan fingerprint density at radius 1 is 1.11 bits per heavy atom. The molecule has 0 amide bonds. The van der Waals surface area contributed by atoms with Crippen LogP contribution in [0.25, 0.3) is 5.69 Å². The van der Waals surface area contributed by atoms with Crippen LogP contribution in [0.4, 0.5) is 13.2 Å². The third-order valence-corrected chi connectivity index (χ3v) is 3.07. The topological polar surface area (TPSA) is 34.0 Å². The van der Waals surface area contributed by atoms with Gasteiger partial charge in [0.25, 0.3) is 0 Å². The highest BCUT2D eigenvalue weighted by Crippen LogP contribution is 2.33. The van der Waals surface area contributed by atoms with Crippen LogP contribution in [0.3, 0.4) is 0 Å². The van der Waals surface area contributed by atoms with E-state index in [0.717, 1.165) is 10.1 Å². The van der Waals surface area contributed by atoms with Crippen LogP contribution >= 0.6 is 0 Å². The molecule has 0 saturated heterocycles. The molecule has 100 valence electrons. The molecule has 0 fully saturated rings. The lowest BCUT2D eigenvalue weighted by Crippen LogP contribution is -2.17. The molecule has 1 aliphatic heterocycles. The normalized spacial score (nSPS) is 15.8. The molecule has 0 atom stereocenters. The summed E-state index contributed by atoms with van der Waals surface area (Å²) < 4.78 is 40.1. The predicted octanol–water partition coefficient (Wildman–Crippen LogP) is 2.23. The summed E-state index contributed by atoms with van der Waals surface area (Å²) in [6, 6.07) is 7.01. The maximum Gasteiger partial charge on any atom is 0.452 e. The van der Waals surface area contributed by atoms with Crippen LogP contribution in [0.5, 0.6) is 0 Å². The summed E-state index contributed by atoms with van der Waals surface area (Å²) in [6.45, 7) is 0.911. The van der Waals surface area contributed by atoms with Crippen molar-refractivity contribution < 1.29 is 13.2 Å². The second-order valence-corrected chi connectivity index (χ2v) is 4.57. The van der Waals surface area contributed by atoms with Crippen molar-refractivity contribution in [2.45, 2.75) is 19.3 Å². The number of alkyl halides is 3. The lowest BCUT2D eigenvalue weighted by molar-refractivity contribution is -0.146. The standard InChI is InChI=1S/C12H11F3N4/c1-18-6-8-4-2-3-5-9(8)19-10(7-18)16-17-11(19)12(13,14)15/h2-5H,6-7H2,1H3. The summed E-state index contributed by atoms with van der Waals surface area (Å²) in [5.41, 5.74) is 1.33. The molecule has 2 aromatic rings. The lowest BCUT2D eigenvalue weighted by atomic mass is 10.1. The maximum absolute atomic E-state index is 13.0. The van der Waals surface area contributed by atoms with Gasteiger partial charge in [0.15, 0.2) is 5.82 Å². The summed E-state index contributed by atoms with van der Waals surface area (Å²) in [6.07, 6.45) is -4.51. The summed E-state index contributed by atoms with van der Waals surface area (Å²) in [7, 11) is 1.84. The van der Waals surface area contributed by atoms with Gasteiger partial charge in [-0.25, -0.2) is 0 Å². The van der Waals surface area contributed by atoms with E-state index in [9.17, 15) is 13.2 Å². The number of para-hydroxylation sites is 1. The van der Waals surface area contributed by atoms with Crippen molar-refractivity contribution in [3.63, 3.8) is 0 Å². The first-order valence-electron chi connectivity index (χ1n) is 5.75. The zero-order chi connectivity index (χ0) is 13.6. The summed E-state index contributed by atoms with van der Waals surface area (Å²) >= 11 is 0. The molecule has 0 N–H and O–H groups in total. The predicted molar refractivity (Wildman–Crippen MR) is 61.5 cm³/mol. The van der Waals surface area contributed by atoms with Crippen LogP contribution in [0.1, 0.15) is 17.2 Å². The van der Waals surface area contributed by atoms with Gasteiger partial charge in [-0.3, -0.25) is 9.47 Å². The Morgan fingerprint density at radius 2 is 1.84 bits per heavy atom. The second-order valence-electron chi connectivity index (χ2n) is 4.57. The molecule has 0 aliphatic carbocycles. The van der Waals surface area contributed by atoms with E-state index < -0.39 is 12.0 Å². The summed E-state index contributed by atoms with van der Waals surface area (Å²) in [5.74, 6) is -0.662. The molecule has 0 spiro atoms. The minimum Gasteiger partial charge on any atom is -0.295 e. The summed E-state index contributed by atoms with van der Waals surface area (Å²) in [4.78, 5) is 1.91. The highest BCUT2D eigenvalue weighted by atomic mass is 19.4. The van der Waals surface area contributed by atoms with E-state index in [2.05, 4.69) is 10.2 Å². The highest BCUT2D eigenvalue weighted by molar-refractivity contribution is 5.44. The molecular formula is C12H11F3N4. The van der Waals surface area contributed by atoms with E-state index in [1.54, 1.807) is 12.1 Å². The van der Waals surface area contributed by atoms with Gasteiger partial charge in [-0.1, -0.05) is 18.2 Å². The van der Waals surface area contributed by atoms with Crippen LogP contribution in [-0.2, 0) is 19.3 Å². The molecule has 0 unspecified atom stereocenters. The largest absolute Gasteiger partial charge is 0.452 e. The van der Waals surface area contributed by atoms with Crippen molar-refractivity contribution in [3.05, 3.63) is 41.5 Å². The molecular weight excluding hydrogens is 257 g/mol. The molecule has 0 bridgehead atoms. The van der Waals surface area contributed by atoms with Gasteiger partial charge in [0.1, 0.15) is 0 Å². The molecule has 7 heteroatoms. The zero-order valence-corrected chi connectivity index (χ0v) is 10.1. The second kappa shape index (κ2) is 4.06. The van der Waals surface area contributed by atoms with Crippen LogP contribution in [0, 0.1) is 0 Å². The van der Waals surface area contributed by atoms with Crippen LogP contribution < -0.4 is 0 Å². The van der Waals surface area contributed by atoms with E-state index in [1.807, 2.05) is 24.1 Å².